The van der Waals surface area contributed by atoms with Gasteiger partial charge in [0.1, 0.15) is 0 Å². The van der Waals surface area contributed by atoms with Gasteiger partial charge in [0.15, 0.2) is 5.16 Å². The van der Waals surface area contributed by atoms with Gasteiger partial charge in [-0.25, -0.2) is 4.57 Å². The van der Waals surface area contributed by atoms with Crippen molar-refractivity contribution in [1.82, 2.24) is 24.1 Å². The van der Waals surface area contributed by atoms with Gasteiger partial charge >= 0.3 is 0 Å². The lowest BCUT2D eigenvalue weighted by Crippen LogP contribution is -2.31. The first-order valence-corrected chi connectivity index (χ1v) is 12.3. The van der Waals surface area contributed by atoms with Gasteiger partial charge in [0.05, 0.1) is 28.4 Å². The lowest BCUT2D eigenvalue weighted by Gasteiger charge is -2.25. The smallest absolute Gasteiger partial charge is 0.267 e. The van der Waals surface area contributed by atoms with Crippen LogP contribution < -0.4 is 5.56 Å². The second-order valence-corrected chi connectivity index (χ2v) is 9.38. The first-order valence-electron chi connectivity index (χ1n) is 11.4. The third-order valence-corrected chi connectivity index (χ3v) is 7.25. The molecule has 0 saturated carbocycles. The van der Waals surface area contributed by atoms with Gasteiger partial charge in [0, 0.05) is 7.05 Å². The van der Waals surface area contributed by atoms with Crippen LogP contribution in [0.25, 0.3) is 22.4 Å². The normalized spacial score (nSPS) is 12.2. The Hall–Kier alpha value is -3.91. The van der Waals surface area contributed by atoms with Crippen LogP contribution >= 0.6 is 11.8 Å². The molecule has 1 atom stereocenters. The molecule has 1 unspecified atom stereocenters. The van der Waals surface area contributed by atoms with Gasteiger partial charge in [-0.2, -0.15) is 0 Å². The van der Waals surface area contributed by atoms with Gasteiger partial charge in [-0.15, -0.1) is 10.2 Å². The Balaban J connectivity index is 1.53. The fraction of sp³-hybridized carbons (Fsp3) is 0.185. The van der Waals surface area contributed by atoms with Gasteiger partial charge < -0.3 is 4.90 Å². The zero-order chi connectivity index (χ0) is 24.5. The maximum absolute atomic E-state index is 13.5. The molecule has 0 aliphatic heterocycles. The number of fused-ring (bicyclic) bond motifs is 3. The second-order valence-electron chi connectivity index (χ2n) is 8.44. The SMILES string of the molecule is Cc1ccccc1-n1c(=O)c2ccccc2n2c(SCC(=O)N(C)C(C)c3ccccc3)nnc12. The minimum atomic E-state index is -0.154. The van der Waals surface area contributed by atoms with E-state index in [0.29, 0.717) is 21.8 Å². The highest BCUT2D eigenvalue weighted by Gasteiger charge is 2.21. The number of rotatable bonds is 6. The number of para-hydroxylation sites is 2. The van der Waals surface area contributed by atoms with Crippen molar-refractivity contribution in [2.45, 2.75) is 25.0 Å². The zero-order valence-electron chi connectivity index (χ0n) is 19.8. The first kappa shape index (κ1) is 22.9. The molecule has 2 aromatic heterocycles. The van der Waals surface area contributed by atoms with E-state index in [0.717, 1.165) is 16.8 Å². The first-order chi connectivity index (χ1) is 17.0. The fourth-order valence-electron chi connectivity index (χ4n) is 4.20. The van der Waals surface area contributed by atoms with E-state index in [1.165, 1.54) is 11.8 Å². The summed E-state index contributed by atoms with van der Waals surface area (Å²) in [5.74, 6) is 0.607. The Morgan fingerprint density at radius 2 is 1.66 bits per heavy atom. The van der Waals surface area contributed by atoms with Crippen molar-refractivity contribution in [2.24, 2.45) is 0 Å². The monoisotopic (exact) mass is 483 g/mol. The highest BCUT2D eigenvalue weighted by molar-refractivity contribution is 7.99. The molecule has 0 radical (unpaired) electrons. The highest BCUT2D eigenvalue weighted by Crippen LogP contribution is 2.25. The van der Waals surface area contributed by atoms with Crippen LogP contribution in [0.1, 0.15) is 24.1 Å². The molecule has 5 aromatic rings. The number of aryl methyl sites for hydroxylation is 1. The van der Waals surface area contributed by atoms with E-state index >= 15 is 0 Å². The van der Waals surface area contributed by atoms with E-state index in [4.69, 9.17) is 0 Å². The number of nitrogens with zero attached hydrogens (tertiary/aromatic N) is 5. The van der Waals surface area contributed by atoms with E-state index in [9.17, 15) is 9.59 Å². The van der Waals surface area contributed by atoms with Crippen LogP contribution in [0.15, 0.2) is 88.8 Å². The molecule has 0 spiro atoms. The predicted octanol–water partition coefficient (Wildman–Crippen LogP) is 4.65. The number of aromatic nitrogens is 4. The summed E-state index contributed by atoms with van der Waals surface area (Å²) in [7, 11) is 1.81. The number of benzene rings is 3. The largest absolute Gasteiger partial charge is 0.338 e. The number of amides is 1. The summed E-state index contributed by atoms with van der Waals surface area (Å²) in [6, 6.07) is 25.0. The van der Waals surface area contributed by atoms with Crippen LogP contribution in [0.4, 0.5) is 0 Å². The number of carbonyl (C=O) groups is 1. The van der Waals surface area contributed by atoms with Crippen LogP contribution in [0.3, 0.4) is 0 Å². The van der Waals surface area contributed by atoms with E-state index in [-0.39, 0.29) is 23.3 Å². The molecule has 8 heteroatoms. The third kappa shape index (κ3) is 4.10. The molecule has 0 N–H and O–H groups in total. The average Bonchev–Trinajstić information content (AvgIpc) is 3.32. The van der Waals surface area contributed by atoms with Crippen molar-refractivity contribution in [3.63, 3.8) is 0 Å². The van der Waals surface area contributed by atoms with Crippen molar-refractivity contribution < 1.29 is 4.79 Å². The molecule has 2 heterocycles. The Bertz CT molecular complexity index is 1590. The van der Waals surface area contributed by atoms with Crippen LogP contribution in [0.5, 0.6) is 0 Å². The fourth-order valence-corrected chi connectivity index (χ4v) is 5.07. The predicted molar refractivity (Wildman–Crippen MR) is 139 cm³/mol. The molecular weight excluding hydrogens is 458 g/mol. The van der Waals surface area contributed by atoms with Gasteiger partial charge in [0.25, 0.3) is 5.56 Å². The molecule has 0 saturated heterocycles. The summed E-state index contributed by atoms with van der Waals surface area (Å²) in [4.78, 5) is 28.3. The van der Waals surface area contributed by atoms with Gasteiger partial charge in [-0.05, 0) is 43.2 Å². The van der Waals surface area contributed by atoms with Crippen molar-refractivity contribution in [1.29, 1.82) is 0 Å². The summed E-state index contributed by atoms with van der Waals surface area (Å²) in [6.07, 6.45) is 0. The van der Waals surface area contributed by atoms with Gasteiger partial charge in [-0.3, -0.25) is 14.0 Å². The third-order valence-electron chi connectivity index (χ3n) is 6.33. The zero-order valence-corrected chi connectivity index (χ0v) is 20.6. The maximum atomic E-state index is 13.5. The molecule has 35 heavy (non-hydrogen) atoms. The summed E-state index contributed by atoms with van der Waals surface area (Å²) >= 11 is 1.32. The standard InChI is InChI=1S/C27H25N5O2S/c1-18-11-7-9-15-22(18)31-25(34)21-14-8-10-16-23(21)32-26(31)28-29-27(32)35-17-24(33)30(3)19(2)20-12-5-4-6-13-20/h4-16,19H,17H2,1-3H3. The van der Waals surface area contributed by atoms with E-state index in [1.807, 2.05) is 98.1 Å². The van der Waals surface area contributed by atoms with Crippen molar-refractivity contribution in [3.05, 3.63) is 100 Å². The number of thioether (sulfide) groups is 1. The average molecular weight is 484 g/mol. The molecule has 3 aromatic carbocycles. The lowest BCUT2D eigenvalue weighted by molar-refractivity contribution is -0.128. The second kappa shape index (κ2) is 9.38. The van der Waals surface area contributed by atoms with Crippen LogP contribution in [-0.2, 0) is 4.79 Å². The molecule has 0 fully saturated rings. The number of carbonyl (C=O) groups excluding carboxylic acids is 1. The summed E-state index contributed by atoms with van der Waals surface area (Å²) < 4.78 is 3.46. The molecule has 176 valence electrons. The van der Waals surface area contributed by atoms with Crippen LogP contribution in [0, 0.1) is 6.92 Å². The van der Waals surface area contributed by atoms with Crippen molar-refractivity contribution in [3.8, 4) is 5.69 Å². The summed E-state index contributed by atoms with van der Waals surface area (Å²) in [5.41, 5.74) is 3.34. The number of hydrogen-bond acceptors (Lipinski definition) is 5. The minimum absolute atomic E-state index is 0.0142. The van der Waals surface area contributed by atoms with Gasteiger partial charge in [-0.1, -0.05) is 72.4 Å². The van der Waals surface area contributed by atoms with Crippen LogP contribution in [-0.4, -0.2) is 42.8 Å². The Labute approximate surface area is 207 Å². The van der Waals surface area contributed by atoms with Crippen molar-refractivity contribution in [2.75, 3.05) is 12.8 Å². The summed E-state index contributed by atoms with van der Waals surface area (Å²) in [6.45, 7) is 3.97. The summed E-state index contributed by atoms with van der Waals surface area (Å²) in [5, 5.41) is 9.89. The maximum Gasteiger partial charge on any atom is 0.267 e. The topological polar surface area (TPSA) is 72.5 Å². The molecule has 0 aliphatic carbocycles. The molecule has 0 bridgehead atoms. The highest BCUT2D eigenvalue weighted by atomic mass is 32.2. The van der Waals surface area contributed by atoms with E-state index < -0.39 is 0 Å². The lowest BCUT2D eigenvalue weighted by atomic mass is 10.1. The Kier molecular flexibility index (Phi) is 6.13. The minimum Gasteiger partial charge on any atom is -0.338 e. The Morgan fingerprint density at radius 1 is 0.971 bits per heavy atom. The van der Waals surface area contributed by atoms with E-state index in [1.54, 1.807) is 15.5 Å². The molecule has 7 nitrogen and oxygen atoms in total. The molecule has 1 amide bonds. The van der Waals surface area contributed by atoms with Crippen molar-refractivity contribution >= 4 is 34.3 Å². The Morgan fingerprint density at radius 3 is 2.43 bits per heavy atom. The van der Waals surface area contributed by atoms with Gasteiger partial charge in [0.2, 0.25) is 11.7 Å². The molecular formula is C27H25N5O2S. The quantitative estimate of drug-likeness (QED) is 0.329. The van der Waals surface area contributed by atoms with E-state index in [2.05, 4.69) is 10.2 Å². The molecule has 0 aliphatic rings. The van der Waals surface area contributed by atoms with Crippen LogP contribution in [0.2, 0.25) is 0 Å². The number of hydrogen-bond donors (Lipinski definition) is 0. The molecule has 5 rings (SSSR count).